The molecule has 1 amide bonds. The summed E-state index contributed by atoms with van der Waals surface area (Å²) in [5.74, 6) is 1.28. The average molecular weight is 421 g/mol. The minimum Gasteiger partial charge on any atom is -0.497 e. The molecule has 0 radical (unpaired) electrons. The molecule has 29 heavy (non-hydrogen) atoms. The molecular formula is C21H28N2O5S. The lowest BCUT2D eigenvalue weighted by molar-refractivity contribution is -0.121. The maximum absolute atomic E-state index is 12.3. The fourth-order valence-electron chi connectivity index (χ4n) is 2.91. The molecule has 0 unspecified atom stereocenters. The number of carbonyl (C=O) groups is 1. The van der Waals surface area contributed by atoms with Crippen LogP contribution in [0.25, 0.3) is 0 Å². The third-order valence-corrected chi connectivity index (χ3v) is 5.71. The largest absolute Gasteiger partial charge is 0.497 e. The first-order valence-electron chi connectivity index (χ1n) is 9.29. The maximum atomic E-state index is 12.3. The molecule has 0 fully saturated rings. The summed E-state index contributed by atoms with van der Waals surface area (Å²) in [6, 6.07) is 14.1. The molecule has 0 saturated heterocycles. The molecule has 158 valence electrons. The van der Waals surface area contributed by atoms with Gasteiger partial charge in [0.2, 0.25) is 15.9 Å². The van der Waals surface area contributed by atoms with E-state index in [-0.39, 0.29) is 24.9 Å². The van der Waals surface area contributed by atoms with Gasteiger partial charge in [0.15, 0.2) is 0 Å². The highest BCUT2D eigenvalue weighted by atomic mass is 32.2. The third kappa shape index (κ3) is 6.67. The van der Waals surface area contributed by atoms with Crippen LogP contribution in [0.4, 0.5) is 5.69 Å². The summed E-state index contributed by atoms with van der Waals surface area (Å²) in [5, 5.41) is 2.94. The van der Waals surface area contributed by atoms with Gasteiger partial charge in [-0.25, -0.2) is 8.42 Å². The van der Waals surface area contributed by atoms with Crippen molar-refractivity contribution in [3.8, 4) is 11.5 Å². The van der Waals surface area contributed by atoms with Crippen molar-refractivity contribution >= 4 is 21.6 Å². The first-order valence-corrected chi connectivity index (χ1v) is 11.1. The van der Waals surface area contributed by atoms with E-state index in [0.717, 1.165) is 17.6 Å². The quantitative estimate of drug-likeness (QED) is 0.638. The average Bonchev–Trinajstić information content (AvgIpc) is 2.70. The van der Waals surface area contributed by atoms with Crippen LogP contribution in [-0.4, -0.2) is 41.3 Å². The monoisotopic (exact) mass is 420 g/mol. The number of carbonyl (C=O) groups excluding carboxylic acids is 1. The predicted octanol–water partition coefficient (Wildman–Crippen LogP) is 3.13. The van der Waals surface area contributed by atoms with Gasteiger partial charge < -0.3 is 14.8 Å². The van der Waals surface area contributed by atoms with Gasteiger partial charge in [-0.15, -0.1) is 0 Å². The molecule has 7 nitrogen and oxygen atoms in total. The molecular weight excluding hydrogens is 392 g/mol. The Balaban J connectivity index is 1.91. The summed E-state index contributed by atoms with van der Waals surface area (Å²) >= 11 is 0. The second-order valence-electron chi connectivity index (χ2n) is 6.70. The molecule has 0 aliphatic rings. The van der Waals surface area contributed by atoms with Crippen LogP contribution in [0, 0.1) is 0 Å². The number of hydrogen-bond donors (Lipinski definition) is 1. The first-order chi connectivity index (χ1) is 13.7. The van der Waals surface area contributed by atoms with Gasteiger partial charge in [0.05, 0.1) is 32.2 Å². The van der Waals surface area contributed by atoms with Gasteiger partial charge in [0.25, 0.3) is 0 Å². The van der Waals surface area contributed by atoms with Gasteiger partial charge in [-0.05, 0) is 55.3 Å². The van der Waals surface area contributed by atoms with Crippen molar-refractivity contribution in [3.63, 3.8) is 0 Å². The fourth-order valence-corrected chi connectivity index (χ4v) is 3.87. The van der Waals surface area contributed by atoms with E-state index >= 15 is 0 Å². The normalized spacial score (nSPS) is 12.1. The zero-order chi connectivity index (χ0) is 21.4. The van der Waals surface area contributed by atoms with Gasteiger partial charge in [-0.2, -0.15) is 0 Å². The summed E-state index contributed by atoms with van der Waals surface area (Å²) in [6.07, 6.45) is 1.78. The molecule has 0 saturated carbocycles. The van der Waals surface area contributed by atoms with Gasteiger partial charge in [0.1, 0.15) is 11.5 Å². The number of methoxy groups -OCH3 is 2. The van der Waals surface area contributed by atoms with Crippen molar-refractivity contribution in [2.75, 3.05) is 31.3 Å². The molecule has 2 aromatic carbocycles. The Morgan fingerprint density at radius 3 is 2.00 bits per heavy atom. The number of sulfonamides is 1. The van der Waals surface area contributed by atoms with E-state index in [1.807, 2.05) is 31.2 Å². The summed E-state index contributed by atoms with van der Waals surface area (Å²) in [5.41, 5.74) is 1.51. The zero-order valence-corrected chi connectivity index (χ0v) is 18.0. The van der Waals surface area contributed by atoms with Crippen molar-refractivity contribution in [3.05, 3.63) is 54.1 Å². The molecule has 1 N–H and O–H groups in total. The highest BCUT2D eigenvalue weighted by Gasteiger charge is 2.18. The van der Waals surface area contributed by atoms with Gasteiger partial charge >= 0.3 is 0 Å². The SMILES string of the molecule is COc1ccc([C@H](C)NC(=O)CCCN(c2ccc(OC)cc2)S(C)(=O)=O)cc1. The van der Waals surface area contributed by atoms with E-state index < -0.39 is 10.0 Å². The number of amides is 1. The molecule has 1 atom stereocenters. The zero-order valence-electron chi connectivity index (χ0n) is 17.2. The molecule has 0 spiro atoms. The number of anilines is 1. The molecule has 0 aromatic heterocycles. The van der Waals surface area contributed by atoms with E-state index in [1.165, 1.54) is 4.31 Å². The molecule has 2 aromatic rings. The van der Waals surface area contributed by atoms with Crippen LogP contribution >= 0.6 is 0 Å². The maximum Gasteiger partial charge on any atom is 0.232 e. The number of benzene rings is 2. The minimum atomic E-state index is -3.46. The summed E-state index contributed by atoms with van der Waals surface area (Å²) in [6.45, 7) is 2.12. The highest BCUT2D eigenvalue weighted by molar-refractivity contribution is 7.92. The summed E-state index contributed by atoms with van der Waals surface area (Å²) in [4.78, 5) is 12.3. The van der Waals surface area contributed by atoms with Crippen LogP contribution in [0.3, 0.4) is 0 Å². The minimum absolute atomic E-state index is 0.128. The standard InChI is InChI=1S/C21H28N2O5S/c1-16(17-7-11-19(27-2)12-8-17)22-21(24)6-5-15-23(29(4,25)26)18-9-13-20(28-3)14-10-18/h7-14,16H,5-6,15H2,1-4H3,(H,22,24)/t16-/m0/s1. The van der Waals surface area contributed by atoms with Crippen LogP contribution in [0.2, 0.25) is 0 Å². The van der Waals surface area contributed by atoms with E-state index in [2.05, 4.69) is 5.32 Å². The van der Waals surface area contributed by atoms with E-state index in [9.17, 15) is 13.2 Å². The topological polar surface area (TPSA) is 84.9 Å². The Kier molecular flexibility index (Phi) is 7.90. The number of rotatable bonds is 10. The number of nitrogens with one attached hydrogen (secondary N) is 1. The predicted molar refractivity (Wildman–Crippen MR) is 114 cm³/mol. The Labute approximate surface area is 172 Å². The Hall–Kier alpha value is -2.74. The van der Waals surface area contributed by atoms with Crippen LogP contribution in [0.5, 0.6) is 11.5 Å². The summed E-state index contributed by atoms with van der Waals surface area (Å²) < 4.78 is 35.9. The molecule has 0 bridgehead atoms. The van der Waals surface area contributed by atoms with E-state index in [4.69, 9.17) is 9.47 Å². The highest BCUT2D eigenvalue weighted by Crippen LogP contribution is 2.22. The molecule has 0 aliphatic heterocycles. The van der Waals surface area contributed by atoms with Crippen LogP contribution in [-0.2, 0) is 14.8 Å². The van der Waals surface area contributed by atoms with Gasteiger partial charge in [-0.1, -0.05) is 12.1 Å². The van der Waals surface area contributed by atoms with Crippen LogP contribution in [0.15, 0.2) is 48.5 Å². The second kappa shape index (κ2) is 10.2. The number of hydrogen-bond acceptors (Lipinski definition) is 5. The van der Waals surface area contributed by atoms with E-state index in [1.54, 1.807) is 38.5 Å². The Bertz CT molecular complexity index is 896. The van der Waals surface area contributed by atoms with Crippen molar-refractivity contribution in [1.29, 1.82) is 0 Å². The Morgan fingerprint density at radius 1 is 1.00 bits per heavy atom. The third-order valence-electron chi connectivity index (χ3n) is 4.52. The lowest BCUT2D eigenvalue weighted by Crippen LogP contribution is -2.32. The Morgan fingerprint density at radius 2 is 1.52 bits per heavy atom. The van der Waals surface area contributed by atoms with E-state index in [0.29, 0.717) is 17.9 Å². The van der Waals surface area contributed by atoms with Crippen molar-refractivity contribution < 1.29 is 22.7 Å². The molecule has 8 heteroatoms. The van der Waals surface area contributed by atoms with Crippen LogP contribution < -0.4 is 19.1 Å². The summed E-state index contributed by atoms with van der Waals surface area (Å²) in [7, 11) is -0.306. The van der Waals surface area contributed by atoms with Gasteiger partial charge in [0, 0.05) is 13.0 Å². The second-order valence-corrected chi connectivity index (χ2v) is 8.61. The lowest BCUT2D eigenvalue weighted by atomic mass is 10.1. The van der Waals surface area contributed by atoms with Crippen molar-refractivity contribution in [1.82, 2.24) is 5.32 Å². The smallest absolute Gasteiger partial charge is 0.232 e. The lowest BCUT2D eigenvalue weighted by Gasteiger charge is -2.22. The number of nitrogens with zero attached hydrogens (tertiary/aromatic N) is 1. The fraction of sp³-hybridized carbons (Fsp3) is 0.381. The molecule has 0 aliphatic carbocycles. The molecule has 2 rings (SSSR count). The van der Waals surface area contributed by atoms with Crippen molar-refractivity contribution in [2.45, 2.75) is 25.8 Å². The number of ether oxygens (including phenoxy) is 2. The van der Waals surface area contributed by atoms with Crippen molar-refractivity contribution in [2.24, 2.45) is 0 Å². The van der Waals surface area contributed by atoms with Crippen LogP contribution in [0.1, 0.15) is 31.4 Å². The molecule has 0 heterocycles. The van der Waals surface area contributed by atoms with Gasteiger partial charge in [-0.3, -0.25) is 9.10 Å². The first kappa shape index (κ1) is 22.5.